The third-order valence-electron chi connectivity index (χ3n) is 3.88. The Kier molecular flexibility index (Phi) is 4.73. The average Bonchev–Trinajstić information content (AvgIpc) is 2.81. The summed E-state index contributed by atoms with van der Waals surface area (Å²) in [5.41, 5.74) is 5.94. The van der Waals surface area contributed by atoms with Crippen molar-refractivity contribution in [2.24, 2.45) is 5.41 Å². The van der Waals surface area contributed by atoms with Crippen LogP contribution in [0.15, 0.2) is 0 Å². The van der Waals surface area contributed by atoms with Crippen LogP contribution in [0.25, 0.3) is 0 Å². The van der Waals surface area contributed by atoms with E-state index in [0.29, 0.717) is 10.7 Å². The van der Waals surface area contributed by atoms with Crippen LogP contribution in [-0.4, -0.2) is 43.1 Å². The first-order valence-corrected chi connectivity index (χ1v) is 8.13. The third kappa shape index (κ3) is 3.85. The fourth-order valence-electron chi connectivity index (χ4n) is 1.95. The number of nitrogens with one attached hydrogen (secondary N) is 2. The lowest BCUT2D eigenvalue weighted by Gasteiger charge is -2.28. The highest BCUT2D eigenvalue weighted by Gasteiger charge is 2.25. The monoisotopic (exact) mass is 311 g/mol. The van der Waals surface area contributed by atoms with Gasteiger partial charge >= 0.3 is 0 Å². The van der Waals surface area contributed by atoms with Crippen LogP contribution in [0.4, 0.5) is 10.9 Å². The van der Waals surface area contributed by atoms with Crippen LogP contribution in [-0.2, 0) is 0 Å². The maximum absolute atomic E-state index is 12.4. The Labute approximate surface area is 130 Å². The summed E-state index contributed by atoms with van der Waals surface area (Å²) < 4.78 is 0. The number of thiazole rings is 1. The first-order valence-electron chi connectivity index (χ1n) is 7.32. The van der Waals surface area contributed by atoms with Crippen molar-refractivity contribution in [1.29, 1.82) is 0 Å². The molecule has 0 saturated carbocycles. The molecule has 2 heterocycles. The number of aromatic nitrogens is 1. The highest BCUT2D eigenvalue weighted by molar-refractivity contribution is 7.18. The number of carbonyl (C=O) groups excluding carboxylic acids is 1. The zero-order valence-corrected chi connectivity index (χ0v) is 14.0. The minimum atomic E-state index is -0.131. The number of nitrogens with two attached hydrogens (primary N) is 1. The van der Waals surface area contributed by atoms with Gasteiger partial charge in [0.1, 0.15) is 10.7 Å². The first kappa shape index (κ1) is 16.0. The second-order valence-corrected chi connectivity index (χ2v) is 7.49. The van der Waals surface area contributed by atoms with Crippen molar-refractivity contribution in [1.82, 2.24) is 15.6 Å². The predicted molar refractivity (Wildman–Crippen MR) is 88.0 cm³/mol. The van der Waals surface area contributed by atoms with E-state index < -0.39 is 0 Å². The van der Waals surface area contributed by atoms with Gasteiger partial charge < -0.3 is 21.3 Å². The Morgan fingerprint density at radius 2 is 2.05 bits per heavy atom. The largest absolute Gasteiger partial charge is 0.382 e. The molecule has 0 aliphatic carbocycles. The van der Waals surface area contributed by atoms with Crippen LogP contribution in [0.3, 0.4) is 0 Å². The lowest BCUT2D eigenvalue weighted by molar-refractivity contribution is 0.0915. The van der Waals surface area contributed by atoms with Gasteiger partial charge in [-0.05, 0) is 12.3 Å². The van der Waals surface area contributed by atoms with Crippen molar-refractivity contribution < 1.29 is 4.79 Å². The molecule has 1 amide bonds. The zero-order valence-electron chi connectivity index (χ0n) is 13.2. The lowest BCUT2D eigenvalue weighted by Crippen LogP contribution is -2.43. The van der Waals surface area contributed by atoms with Gasteiger partial charge in [0, 0.05) is 32.2 Å². The Bertz CT molecular complexity index is 502. The summed E-state index contributed by atoms with van der Waals surface area (Å²) in [5.74, 6) is 0.195. The second-order valence-electron chi connectivity index (χ2n) is 6.51. The van der Waals surface area contributed by atoms with Crippen molar-refractivity contribution >= 4 is 28.2 Å². The third-order valence-corrected chi connectivity index (χ3v) is 5.01. The maximum atomic E-state index is 12.4. The number of carbonyl (C=O) groups is 1. The number of piperazine rings is 1. The number of nitrogens with zero attached hydrogens (tertiary/aromatic N) is 2. The highest BCUT2D eigenvalue weighted by Crippen LogP contribution is 2.29. The van der Waals surface area contributed by atoms with Gasteiger partial charge in [0.25, 0.3) is 5.91 Å². The Morgan fingerprint density at radius 3 is 2.62 bits per heavy atom. The van der Waals surface area contributed by atoms with Crippen molar-refractivity contribution in [2.45, 2.75) is 33.7 Å². The molecule has 21 heavy (non-hydrogen) atoms. The fourth-order valence-corrected chi connectivity index (χ4v) is 2.89. The molecule has 1 saturated heterocycles. The van der Waals surface area contributed by atoms with E-state index in [-0.39, 0.29) is 17.4 Å². The van der Waals surface area contributed by atoms with Crippen molar-refractivity contribution in [3.05, 3.63) is 4.88 Å². The standard InChI is InChI=1S/C14H25N5OS/c1-9(14(2,3)4)17-12(20)10-11(15)18-13(21-10)19-7-5-16-6-8-19/h9,16H,5-8,15H2,1-4H3,(H,17,20). The van der Waals surface area contributed by atoms with Crippen LogP contribution in [0.5, 0.6) is 0 Å². The summed E-state index contributed by atoms with van der Waals surface area (Å²) in [4.78, 5) is 19.4. The summed E-state index contributed by atoms with van der Waals surface area (Å²) >= 11 is 1.38. The van der Waals surface area contributed by atoms with Gasteiger partial charge in [0.2, 0.25) is 0 Å². The normalized spacial score (nSPS) is 17.6. The minimum absolute atomic E-state index is 0.0104. The number of rotatable bonds is 3. The lowest BCUT2D eigenvalue weighted by atomic mass is 9.88. The van der Waals surface area contributed by atoms with Crippen LogP contribution >= 0.6 is 11.3 Å². The van der Waals surface area contributed by atoms with Crippen LogP contribution < -0.4 is 21.3 Å². The quantitative estimate of drug-likeness (QED) is 0.784. The number of anilines is 2. The summed E-state index contributed by atoms with van der Waals surface area (Å²) in [7, 11) is 0. The molecular weight excluding hydrogens is 286 g/mol. The molecule has 1 unspecified atom stereocenters. The summed E-state index contributed by atoms with van der Waals surface area (Å²) in [6.07, 6.45) is 0. The molecule has 118 valence electrons. The number of nitrogen functional groups attached to an aromatic ring is 1. The van der Waals surface area contributed by atoms with Gasteiger partial charge in [-0.3, -0.25) is 4.79 Å². The summed E-state index contributed by atoms with van der Waals surface area (Å²) in [5, 5.41) is 7.15. The van der Waals surface area contributed by atoms with Gasteiger partial charge in [-0.2, -0.15) is 0 Å². The molecule has 0 spiro atoms. The molecule has 0 radical (unpaired) electrons. The molecular formula is C14H25N5OS. The topological polar surface area (TPSA) is 83.3 Å². The zero-order chi connectivity index (χ0) is 15.6. The molecule has 6 nitrogen and oxygen atoms in total. The van der Waals surface area contributed by atoms with E-state index in [1.807, 2.05) is 6.92 Å². The van der Waals surface area contributed by atoms with Gasteiger partial charge in [0.05, 0.1) is 0 Å². The molecule has 4 N–H and O–H groups in total. The minimum Gasteiger partial charge on any atom is -0.382 e. The van der Waals surface area contributed by atoms with E-state index in [4.69, 9.17) is 5.73 Å². The predicted octanol–water partition coefficient (Wildman–Crippen LogP) is 1.30. The van der Waals surface area contributed by atoms with Crippen LogP contribution in [0, 0.1) is 5.41 Å². The molecule has 1 aromatic heterocycles. The molecule has 1 aliphatic rings. The van der Waals surface area contributed by atoms with Crippen molar-refractivity contribution in [3.63, 3.8) is 0 Å². The van der Waals surface area contributed by atoms with E-state index in [2.05, 4.69) is 41.3 Å². The molecule has 2 rings (SSSR count). The Balaban J connectivity index is 2.09. The SMILES string of the molecule is CC(NC(=O)c1sc(N2CCNCC2)nc1N)C(C)(C)C. The summed E-state index contributed by atoms with van der Waals surface area (Å²) in [6, 6.07) is 0.0640. The Hall–Kier alpha value is -1.34. The number of amides is 1. The Morgan fingerprint density at radius 1 is 1.43 bits per heavy atom. The molecule has 1 atom stereocenters. The van der Waals surface area contributed by atoms with E-state index in [9.17, 15) is 4.79 Å². The van der Waals surface area contributed by atoms with Crippen LogP contribution in [0.2, 0.25) is 0 Å². The van der Waals surface area contributed by atoms with Gasteiger partial charge in [0.15, 0.2) is 5.13 Å². The maximum Gasteiger partial charge on any atom is 0.265 e. The van der Waals surface area contributed by atoms with Gasteiger partial charge in [-0.1, -0.05) is 32.1 Å². The van der Waals surface area contributed by atoms with E-state index in [1.54, 1.807) is 0 Å². The number of hydrogen-bond acceptors (Lipinski definition) is 6. The molecule has 1 aromatic rings. The molecule has 0 aromatic carbocycles. The van der Waals surface area contributed by atoms with E-state index in [0.717, 1.165) is 31.3 Å². The molecule has 1 fully saturated rings. The average molecular weight is 311 g/mol. The van der Waals surface area contributed by atoms with Crippen LogP contribution in [0.1, 0.15) is 37.4 Å². The first-order chi connectivity index (χ1) is 9.79. The summed E-state index contributed by atoms with van der Waals surface area (Å²) in [6.45, 7) is 12.0. The van der Waals surface area contributed by atoms with Gasteiger partial charge in [-0.15, -0.1) is 0 Å². The smallest absolute Gasteiger partial charge is 0.265 e. The van der Waals surface area contributed by atoms with E-state index >= 15 is 0 Å². The molecule has 1 aliphatic heterocycles. The second kappa shape index (κ2) is 6.19. The van der Waals surface area contributed by atoms with Gasteiger partial charge in [-0.25, -0.2) is 4.98 Å². The fraction of sp³-hybridized carbons (Fsp3) is 0.714. The van der Waals surface area contributed by atoms with Crippen molar-refractivity contribution in [2.75, 3.05) is 36.8 Å². The number of hydrogen-bond donors (Lipinski definition) is 3. The molecule has 7 heteroatoms. The highest BCUT2D eigenvalue weighted by atomic mass is 32.1. The molecule has 0 bridgehead atoms. The van der Waals surface area contributed by atoms with E-state index in [1.165, 1.54) is 11.3 Å². The van der Waals surface area contributed by atoms with Crippen molar-refractivity contribution in [3.8, 4) is 0 Å².